The summed E-state index contributed by atoms with van der Waals surface area (Å²) in [7, 11) is 0. The highest BCUT2D eigenvalue weighted by atomic mass is 79.9. The number of carbonyl (C=O) groups excluding carboxylic acids is 2. The Morgan fingerprint density at radius 1 is 0.922 bits per heavy atom. The van der Waals surface area contributed by atoms with Gasteiger partial charge in [-0.1, -0.05) is 139 Å². The summed E-state index contributed by atoms with van der Waals surface area (Å²) in [4.78, 5) is 31.4. The van der Waals surface area contributed by atoms with Crippen LogP contribution in [0.3, 0.4) is 0 Å². The maximum absolute atomic E-state index is 16.6. The molecule has 2 aliphatic rings. The number of nitrogens with one attached hydrogen (secondary N) is 1. The molecule has 1 amide bonds. The van der Waals surface area contributed by atoms with E-state index in [2.05, 4.69) is 46.9 Å². The second kappa shape index (κ2) is 14.3. The number of ether oxygens (including phenoxy) is 1. The summed E-state index contributed by atoms with van der Waals surface area (Å²) in [6, 6.07) is 28.6. The summed E-state index contributed by atoms with van der Waals surface area (Å²) in [5.41, 5.74) is 1.02. The predicted molar refractivity (Wildman–Crippen MR) is 207 cm³/mol. The number of amides is 1. The van der Waals surface area contributed by atoms with E-state index < -0.39 is 46.8 Å². The van der Waals surface area contributed by atoms with Crippen LogP contribution in [0.2, 0.25) is 10.0 Å². The topological polar surface area (TPSA) is 58.6 Å². The third-order valence-corrected chi connectivity index (χ3v) is 11.4. The normalized spacial score (nSPS) is 23.2. The van der Waals surface area contributed by atoms with Crippen LogP contribution in [0.5, 0.6) is 0 Å². The average Bonchev–Trinajstić information content (AvgIpc) is 3.51. The van der Waals surface area contributed by atoms with Crippen molar-refractivity contribution in [2.75, 3.05) is 10.6 Å². The van der Waals surface area contributed by atoms with Gasteiger partial charge in [-0.25, -0.2) is 4.39 Å². The highest BCUT2D eigenvalue weighted by molar-refractivity contribution is 9.09. The molecule has 0 bridgehead atoms. The molecule has 6 atom stereocenters. The first-order chi connectivity index (χ1) is 24.1. The number of benzene rings is 4. The van der Waals surface area contributed by atoms with Crippen molar-refractivity contribution < 1.29 is 18.7 Å². The second-order valence-corrected chi connectivity index (χ2v) is 17.4. The van der Waals surface area contributed by atoms with E-state index in [1.165, 1.54) is 6.07 Å². The minimum atomic E-state index is -1.29. The number of halogens is 4. The van der Waals surface area contributed by atoms with Gasteiger partial charge in [0.05, 0.1) is 16.5 Å². The SMILES string of the molecule is CC(C)(C)C[C@H]1N([C@H](c2ccccc2)[C@@H](OC(=O)C(C)(C)C)c2ccccc2)[C@@H](CBr)[C@H](c2cccc(Cl)c2F)[C@@]12C(=O)Nc1cc(Cl)ccc12. The molecule has 51 heavy (non-hydrogen) atoms. The van der Waals surface area contributed by atoms with Crippen LogP contribution in [0.25, 0.3) is 0 Å². The number of hydrogen-bond donors (Lipinski definition) is 1. The lowest BCUT2D eigenvalue weighted by Gasteiger charge is -2.45. The molecule has 1 fully saturated rings. The highest BCUT2D eigenvalue weighted by Gasteiger charge is 2.69. The fourth-order valence-electron chi connectivity index (χ4n) is 8.15. The lowest BCUT2D eigenvalue weighted by molar-refractivity contribution is -0.164. The van der Waals surface area contributed by atoms with Crippen molar-refractivity contribution in [1.82, 2.24) is 4.90 Å². The first-order valence-electron chi connectivity index (χ1n) is 17.3. The first-order valence-corrected chi connectivity index (χ1v) is 19.2. The van der Waals surface area contributed by atoms with Crippen LogP contribution < -0.4 is 5.32 Å². The fourth-order valence-corrected chi connectivity index (χ4v) is 9.21. The third-order valence-electron chi connectivity index (χ3n) is 10.2. The molecule has 4 aromatic rings. The van der Waals surface area contributed by atoms with Crippen LogP contribution in [0.1, 0.15) is 88.3 Å². The molecule has 9 heteroatoms. The molecule has 2 aliphatic heterocycles. The zero-order chi connectivity index (χ0) is 36.9. The molecular weight excluding hydrogens is 750 g/mol. The lowest BCUT2D eigenvalue weighted by atomic mass is 9.62. The molecular formula is C42H44BrCl2FN2O3. The molecule has 0 saturated carbocycles. The molecule has 0 unspecified atom stereocenters. The molecule has 0 radical (unpaired) electrons. The number of rotatable bonds is 8. The molecule has 0 aromatic heterocycles. The van der Waals surface area contributed by atoms with Crippen molar-refractivity contribution in [1.29, 1.82) is 0 Å². The standard InChI is InChI=1S/C42H44BrCl2FN2O3/c1-40(2,3)23-33-42(29-21-20-27(44)22-31(29)47-38(42)49)34(28-18-13-19-30(45)35(28)46)32(24-43)48(33)36(25-14-9-7-10-15-25)37(26-16-11-8-12-17-26)51-39(50)41(4,5)6/h7-22,32-34,36-37H,23-24H2,1-6H3,(H,47,49)/t32-,33+,34-,36+,37-,42-/m0/s1. The number of hydrogen-bond acceptors (Lipinski definition) is 4. The Morgan fingerprint density at radius 2 is 1.55 bits per heavy atom. The van der Waals surface area contributed by atoms with Gasteiger partial charge in [0.15, 0.2) is 0 Å². The Morgan fingerprint density at radius 3 is 2.14 bits per heavy atom. The van der Waals surface area contributed by atoms with Crippen LogP contribution in [-0.2, 0) is 19.7 Å². The largest absolute Gasteiger partial charge is 0.455 e. The van der Waals surface area contributed by atoms with Gasteiger partial charge in [0, 0.05) is 34.0 Å². The van der Waals surface area contributed by atoms with Gasteiger partial charge in [-0.15, -0.1) is 0 Å². The zero-order valence-electron chi connectivity index (χ0n) is 29.7. The summed E-state index contributed by atoms with van der Waals surface area (Å²) < 4.78 is 23.3. The van der Waals surface area contributed by atoms with E-state index in [1.54, 1.807) is 24.3 Å². The van der Waals surface area contributed by atoms with Crippen molar-refractivity contribution in [3.8, 4) is 0 Å². The van der Waals surface area contributed by atoms with Gasteiger partial charge in [0.25, 0.3) is 0 Å². The Kier molecular flexibility index (Phi) is 10.5. The van der Waals surface area contributed by atoms with Crippen molar-refractivity contribution in [3.63, 3.8) is 0 Å². The van der Waals surface area contributed by atoms with Crippen LogP contribution in [0.15, 0.2) is 97.1 Å². The van der Waals surface area contributed by atoms with Crippen LogP contribution in [0, 0.1) is 16.6 Å². The van der Waals surface area contributed by atoms with Gasteiger partial charge in [-0.05, 0) is 73.1 Å². The van der Waals surface area contributed by atoms with Crippen molar-refractivity contribution >= 4 is 56.7 Å². The third kappa shape index (κ3) is 6.88. The molecule has 1 saturated heterocycles. The molecule has 1 N–H and O–H groups in total. The van der Waals surface area contributed by atoms with E-state index in [-0.39, 0.29) is 22.3 Å². The minimum absolute atomic E-state index is 0.0163. The summed E-state index contributed by atoms with van der Waals surface area (Å²) in [6.45, 7) is 12.0. The number of fused-ring (bicyclic) bond motifs is 2. The Hall–Kier alpha value is -3.23. The van der Waals surface area contributed by atoms with E-state index in [0.717, 1.165) is 16.7 Å². The monoisotopic (exact) mass is 792 g/mol. The maximum atomic E-state index is 16.6. The summed E-state index contributed by atoms with van der Waals surface area (Å²) in [6.07, 6.45) is -0.249. The smallest absolute Gasteiger partial charge is 0.311 e. The number of esters is 1. The van der Waals surface area contributed by atoms with E-state index in [1.807, 2.05) is 87.5 Å². The first kappa shape index (κ1) is 37.5. The van der Waals surface area contributed by atoms with Gasteiger partial charge >= 0.3 is 5.97 Å². The van der Waals surface area contributed by atoms with Crippen molar-refractivity contribution in [3.05, 3.63) is 135 Å². The molecule has 5 nitrogen and oxygen atoms in total. The van der Waals surface area contributed by atoms with Crippen LogP contribution in [-0.4, -0.2) is 34.2 Å². The van der Waals surface area contributed by atoms with Gasteiger partial charge in [0.2, 0.25) is 5.91 Å². The van der Waals surface area contributed by atoms with E-state index in [0.29, 0.717) is 28.0 Å². The number of likely N-dealkylation sites (tertiary alicyclic amines) is 1. The van der Waals surface area contributed by atoms with Gasteiger partial charge in [-0.2, -0.15) is 0 Å². The van der Waals surface area contributed by atoms with Crippen molar-refractivity contribution in [2.24, 2.45) is 10.8 Å². The van der Waals surface area contributed by atoms with Gasteiger partial charge < -0.3 is 10.1 Å². The highest BCUT2D eigenvalue weighted by Crippen LogP contribution is 2.63. The van der Waals surface area contributed by atoms with Crippen molar-refractivity contribution in [2.45, 2.75) is 83.5 Å². The van der Waals surface area contributed by atoms with Gasteiger partial charge in [0.1, 0.15) is 17.3 Å². The maximum Gasteiger partial charge on any atom is 0.311 e. The summed E-state index contributed by atoms with van der Waals surface area (Å²) in [5.74, 6) is -1.87. The lowest BCUT2D eigenvalue weighted by Crippen LogP contribution is -2.52. The fraction of sp³-hybridized carbons (Fsp3) is 0.381. The van der Waals surface area contributed by atoms with E-state index >= 15 is 9.18 Å². The van der Waals surface area contributed by atoms with Crippen LogP contribution in [0.4, 0.5) is 10.1 Å². The second-order valence-electron chi connectivity index (χ2n) is 15.9. The minimum Gasteiger partial charge on any atom is -0.455 e. The zero-order valence-corrected chi connectivity index (χ0v) is 32.8. The Bertz CT molecular complexity index is 1910. The van der Waals surface area contributed by atoms with E-state index in [4.69, 9.17) is 27.9 Å². The number of nitrogens with zero attached hydrogens (tertiary/aromatic N) is 1. The average molecular weight is 795 g/mol. The van der Waals surface area contributed by atoms with Gasteiger partial charge in [-0.3, -0.25) is 14.5 Å². The summed E-state index contributed by atoms with van der Waals surface area (Å²) in [5, 5.41) is 4.01. The molecule has 0 aliphatic carbocycles. The molecule has 2 heterocycles. The van der Waals surface area contributed by atoms with Crippen LogP contribution >= 0.6 is 39.1 Å². The number of carbonyl (C=O) groups is 2. The predicted octanol–water partition coefficient (Wildman–Crippen LogP) is 11.1. The summed E-state index contributed by atoms with van der Waals surface area (Å²) >= 11 is 16.9. The molecule has 1 spiro atoms. The number of alkyl halides is 1. The molecule has 268 valence electrons. The quantitative estimate of drug-likeness (QED) is 0.143. The van der Waals surface area contributed by atoms with E-state index in [9.17, 15) is 4.79 Å². The molecule has 6 rings (SSSR count). The number of anilines is 1. The Labute approximate surface area is 319 Å². The Balaban J connectivity index is 1.73. The molecule has 4 aromatic carbocycles.